The van der Waals surface area contributed by atoms with Gasteiger partial charge in [0.1, 0.15) is 7.85 Å². The fourth-order valence-corrected chi connectivity index (χ4v) is 0.646. The Morgan fingerprint density at radius 2 is 2.30 bits per heavy atom. The van der Waals surface area contributed by atoms with Crippen LogP contribution in [0.3, 0.4) is 0 Å². The van der Waals surface area contributed by atoms with Crippen LogP contribution in [0.4, 0.5) is 0 Å². The molecular weight excluding hydrogens is 125 g/mol. The molecule has 1 aromatic rings. The third kappa shape index (κ3) is 1.81. The van der Waals surface area contributed by atoms with Gasteiger partial charge in [0.05, 0.1) is 5.69 Å². The van der Waals surface area contributed by atoms with Gasteiger partial charge in [-0.25, -0.2) is 0 Å². The lowest BCUT2D eigenvalue weighted by Crippen LogP contribution is -2.14. The summed E-state index contributed by atoms with van der Waals surface area (Å²) in [5, 5.41) is 10.5. The monoisotopic (exact) mass is 133 g/mol. The summed E-state index contributed by atoms with van der Waals surface area (Å²) in [6.07, 6.45) is 0. The smallest absolute Gasteiger partial charge is 0.144 e. The van der Waals surface area contributed by atoms with E-state index in [0.29, 0.717) is 5.59 Å². The van der Waals surface area contributed by atoms with Gasteiger partial charge < -0.3 is 5.32 Å². The number of hydrogen-bond acceptors (Lipinski definition) is 3. The van der Waals surface area contributed by atoms with Crippen molar-refractivity contribution < 1.29 is 0 Å². The Labute approximate surface area is 61.3 Å². The second kappa shape index (κ2) is 3.32. The summed E-state index contributed by atoms with van der Waals surface area (Å²) in [6, 6.07) is 3.58. The summed E-state index contributed by atoms with van der Waals surface area (Å²) in [7, 11) is 7.19. The van der Waals surface area contributed by atoms with E-state index in [0.717, 1.165) is 12.2 Å². The number of rotatable bonds is 2. The summed E-state index contributed by atoms with van der Waals surface area (Å²) >= 11 is 0. The molecule has 0 aliphatic heterocycles. The predicted octanol–water partition coefficient (Wildman–Crippen LogP) is -1.01. The number of aromatic nitrogens is 2. The van der Waals surface area contributed by atoms with Gasteiger partial charge >= 0.3 is 0 Å². The Bertz CT molecular complexity index is 197. The Kier molecular flexibility index (Phi) is 2.39. The fraction of sp³-hybridized carbons (Fsp3) is 0.333. The van der Waals surface area contributed by atoms with E-state index in [4.69, 9.17) is 7.85 Å². The van der Waals surface area contributed by atoms with Crippen LogP contribution in [0.1, 0.15) is 5.69 Å². The van der Waals surface area contributed by atoms with Crippen molar-refractivity contribution >= 4 is 13.4 Å². The fourth-order valence-electron chi connectivity index (χ4n) is 0.646. The van der Waals surface area contributed by atoms with Crippen LogP contribution in [0.2, 0.25) is 0 Å². The molecule has 10 heavy (non-hydrogen) atoms. The van der Waals surface area contributed by atoms with E-state index >= 15 is 0 Å². The van der Waals surface area contributed by atoms with Crippen LogP contribution in [-0.2, 0) is 6.54 Å². The molecule has 0 fully saturated rings. The zero-order valence-electron chi connectivity index (χ0n) is 5.83. The molecular formula is C6H8BN3. The van der Waals surface area contributed by atoms with E-state index in [2.05, 4.69) is 15.5 Å². The summed E-state index contributed by atoms with van der Waals surface area (Å²) in [6.45, 7) is 0.729. The van der Waals surface area contributed by atoms with E-state index in [9.17, 15) is 0 Å². The molecule has 0 atom stereocenters. The molecule has 0 spiro atoms. The first-order valence-electron chi connectivity index (χ1n) is 3.05. The van der Waals surface area contributed by atoms with Gasteiger partial charge in [-0.15, -0.1) is 0 Å². The van der Waals surface area contributed by atoms with Crippen LogP contribution in [0.15, 0.2) is 12.1 Å². The first-order valence-corrected chi connectivity index (χ1v) is 3.05. The maximum absolute atomic E-state index is 5.33. The number of hydrogen-bond donors (Lipinski definition) is 1. The molecule has 2 radical (unpaired) electrons. The first-order chi connectivity index (χ1) is 4.83. The standard InChI is InChI=1S/C6H8BN3/c1-8-4-5-2-3-6(7)10-9-5/h2-3,8H,4H2,1H3. The highest BCUT2D eigenvalue weighted by Gasteiger charge is 1.90. The molecule has 1 heterocycles. The van der Waals surface area contributed by atoms with Gasteiger partial charge in [-0.1, -0.05) is 0 Å². The highest BCUT2D eigenvalue weighted by atomic mass is 15.1. The van der Waals surface area contributed by atoms with Gasteiger partial charge in [0.25, 0.3) is 0 Å². The molecule has 1 rings (SSSR count). The predicted molar refractivity (Wildman–Crippen MR) is 40.2 cm³/mol. The highest BCUT2D eigenvalue weighted by molar-refractivity contribution is 6.30. The minimum atomic E-state index is 0.458. The minimum absolute atomic E-state index is 0.458. The molecule has 3 nitrogen and oxygen atoms in total. The van der Waals surface area contributed by atoms with Crippen LogP contribution in [0.25, 0.3) is 0 Å². The van der Waals surface area contributed by atoms with E-state index in [1.54, 1.807) is 6.07 Å². The van der Waals surface area contributed by atoms with E-state index in [1.165, 1.54) is 0 Å². The molecule has 0 saturated heterocycles. The zero-order chi connectivity index (χ0) is 7.40. The largest absolute Gasteiger partial charge is 0.314 e. The van der Waals surface area contributed by atoms with Gasteiger partial charge in [-0.2, -0.15) is 10.2 Å². The van der Waals surface area contributed by atoms with Crippen LogP contribution < -0.4 is 10.9 Å². The second-order valence-electron chi connectivity index (χ2n) is 1.98. The van der Waals surface area contributed by atoms with Crippen molar-refractivity contribution in [1.82, 2.24) is 15.5 Å². The molecule has 0 aliphatic carbocycles. The third-order valence-electron chi connectivity index (χ3n) is 1.10. The lowest BCUT2D eigenvalue weighted by molar-refractivity contribution is 0.771. The van der Waals surface area contributed by atoms with Crippen molar-refractivity contribution in [2.24, 2.45) is 0 Å². The average molecular weight is 133 g/mol. The van der Waals surface area contributed by atoms with Gasteiger partial charge in [-0.3, -0.25) is 0 Å². The second-order valence-corrected chi connectivity index (χ2v) is 1.98. The Morgan fingerprint density at radius 1 is 1.50 bits per heavy atom. The summed E-state index contributed by atoms with van der Waals surface area (Å²) in [4.78, 5) is 0. The summed E-state index contributed by atoms with van der Waals surface area (Å²) in [5.74, 6) is 0. The van der Waals surface area contributed by atoms with Crippen LogP contribution in [-0.4, -0.2) is 25.1 Å². The maximum atomic E-state index is 5.33. The molecule has 0 amide bonds. The van der Waals surface area contributed by atoms with Crippen molar-refractivity contribution in [3.05, 3.63) is 17.8 Å². The molecule has 0 bridgehead atoms. The van der Waals surface area contributed by atoms with Crippen LogP contribution >= 0.6 is 0 Å². The van der Waals surface area contributed by atoms with Crippen LogP contribution in [0.5, 0.6) is 0 Å². The van der Waals surface area contributed by atoms with Gasteiger partial charge in [-0.05, 0) is 19.2 Å². The first kappa shape index (κ1) is 7.21. The molecule has 0 unspecified atom stereocenters. The van der Waals surface area contributed by atoms with Crippen molar-refractivity contribution in [2.75, 3.05) is 7.05 Å². The summed E-state index contributed by atoms with van der Waals surface area (Å²) < 4.78 is 0. The van der Waals surface area contributed by atoms with Crippen molar-refractivity contribution in [1.29, 1.82) is 0 Å². The third-order valence-corrected chi connectivity index (χ3v) is 1.10. The normalized spacial score (nSPS) is 9.70. The molecule has 1 aromatic heterocycles. The maximum Gasteiger partial charge on any atom is 0.144 e. The van der Waals surface area contributed by atoms with Gasteiger partial charge in [0, 0.05) is 12.1 Å². The Hall–Kier alpha value is -0.895. The molecule has 0 aromatic carbocycles. The Morgan fingerprint density at radius 3 is 2.80 bits per heavy atom. The number of nitrogens with one attached hydrogen (secondary N) is 1. The number of nitrogens with zero attached hydrogens (tertiary/aromatic N) is 2. The molecule has 1 N–H and O–H groups in total. The molecule has 50 valence electrons. The highest BCUT2D eigenvalue weighted by Crippen LogP contribution is 1.85. The van der Waals surface area contributed by atoms with E-state index in [-0.39, 0.29) is 0 Å². The topological polar surface area (TPSA) is 37.8 Å². The van der Waals surface area contributed by atoms with Gasteiger partial charge in [0.15, 0.2) is 0 Å². The quantitative estimate of drug-likeness (QED) is 0.525. The molecule has 0 saturated carbocycles. The minimum Gasteiger partial charge on any atom is -0.314 e. The average Bonchev–Trinajstić information content (AvgIpc) is 1.95. The van der Waals surface area contributed by atoms with Crippen molar-refractivity contribution in [3.8, 4) is 0 Å². The lowest BCUT2D eigenvalue weighted by Gasteiger charge is -1.96. The molecule has 0 aliphatic rings. The Balaban J connectivity index is 2.69. The van der Waals surface area contributed by atoms with E-state index < -0.39 is 0 Å². The molecule has 4 heteroatoms. The van der Waals surface area contributed by atoms with Crippen molar-refractivity contribution in [2.45, 2.75) is 6.54 Å². The summed E-state index contributed by atoms with van der Waals surface area (Å²) in [5.41, 5.74) is 1.36. The SMILES string of the molecule is [B]c1ccc(CNC)nn1. The van der Waals surface area contributed by atoms with Gasteiger partial charge in [0.2, 0.25) is 0 Å². The van der Waals surface area contributed by atoms with Crippen LogP contribution in [0, 0.1) is 0 Å². The lowest BCUT2D eigenvalue weighted by atomic mass is 10.1. The van der Waals surface area contributed by atoms with E-state index in [1.807, 2.05) is 13.1 Å². The zero-order valence-corrected chi connectivity index (χ0v) is 5.83. The van der Waals surface area contributed by atoms with Crippen molar-refractivity contribution in [3.63, 3.8) is 0 Å².